The van der Waals surface area contributed by atoms with Crippen molar-refractivity contribution < 1.29 is 9.18 Å². The third-order valence-corrected chi connectivity index (χ3v) is 3.58. The van der Waals surface area contributed by atoms with E-state index < -0.39 is 5.41 Å². The number of rotatable bonds is 4. The van der Waals surface area contributed by atoms with Crippen LogP contribution in [0.1, 0.15) is 25.0 Å². The van der Waals surface area contributed by atoms with Gasteiger partial charge in [0.15, 0.2) is 0 Å². The van der Waals surface area contributed by atoms with Crippen molar-refractivity contribution in [2.24, 2.45) is 0 Å². The van der Waals surface area contributed by atoms with Crippen LogP contribution in [0, 0.1) is 5.82 Å². The first-order valence-electron chi connectivity index (χ1n) is 6.53. The minimum atomic E-state index is -0.625. The molecule has 0 aromatic heterocycles. The number of benzene rings is 2. The van der Waals surface area contributed by atoms with Gasteiger partial charge in [0.1, 0.15) is 11.6 Å². The molecule has 0 aliphatic heterocycles. The molecule has 0 bridgehead atoms. The van der Waals surface area contributed by atoms with Crippen LogP contribution in [0.25, 0.3) is 0 Å². The van der Waals surface area contributed by atoms with Crippen LogP contribution in [-0.4, -0.2) is 5.78 Å². The summed E-state index contributed by atoms with van der Waals surface area (Å²) in [6.07, 6.45) is 0.217. The van der Waals surface area contributed by atoms with Crippen LogP contribution in [0.15, 0.2) is 48.5 Å². The zero-order valence-electron chi connectivity index (χ0n) is 11.7. The molecule has 0 fully saturated rings. The summed E-state index contributed by atoms with van der Waals surface area (Å²) >= 11 is 0. The van der Waals surface area contributed by atoms with Crippen molar-refractivity contribution in [2.45, 2.75) is 25.7 Å². The molecular weight excluding hydrogens is 253 g/mol. The number of halogens is 1. The highest BCUT2D eigenvalue weighted by Gasteiger charge is 2.29. The van der Waals surface area contributed by atoms with Gasteiger partial charge in [-0.3, -0.25) is 4.79 Å². The van der Waals surface area contributed by atoms with Crippen LogP contribution in [0.2, 0.25) is 0 Å². The fraction of sp³-hybridized carbons (Fsp3) is 0.235. The van der Waals surface area contributed by atoms with E-state index in [4.69, 9.17) is 5.73 Å². The fourth-order valence-electron chi connectivity index (χ4n) is 2.11. The Morgan fingerprint density at radius 2 is 1.80 bits per heavy atom. The third-order valence-electron chi connectivity index (χ3n) is 3.58. The van der Waals surface area contributed by atoms with Gasteiger partial charge in [0.25, 0.3) is 0 Å². The largest absolute Gasteiger partial charge is 0.399 e. The van der Waals surface area contributed by atoms with E-state index in [1.54, 1.807) is 24.3 Å². The van der Waals surface area contributed by atoms with Crippen molar-refractivity contribution in [3.05, 3.63) is 65.5 Å². The summed E-state index contributed by atoms with van der Waals surface area (Å²) in [5.41, 5.74) is 7.31. The minimum Gasteiger partial charge on any atom is -0.399 e. The lowest BCUT2D eigenvalue weighted by Gasteiger charge is -2.24. The number of hydrogen-bond donors (Lipinski definition) is 1. The van der Waals surface area contributed by atoms with Gasteiger partial charge in [-0.1, -0.05) is 24.3 Å². The number of Topliss-reactive ketones (excluding diaryl/α,β-unsaturated/α-hetero) is 1. The highest BCUT2D eigenvalue weighted by atomic mass is 19.1. The molecule has 3 heteroatoms. The monoisotopic (exact) mass is 271 g/mol. The van der Waals surface area contributed by atoms with Crippen LogP contribution in [0.5, 0.6) is 0 Å². The van der Waals surface area contributed by atoms with Gasteiger partial charge >= 0.3 is 0 Å². The molecule has 2 rings (SSSR count). The van der Waals surface area contributed by atoms with E-state index in [1.807, 2.05) is 26.0 Å². The number of carbonyl (C=O) groups is 1. The van der Waals surface area contributed by atoms with Crippen molar-refractivity contribution in [3.63, 3.8) is 0 Å². The molecule has 0 amide bonds. The molecule has 0 radical (unpaired) electrons. The zero-order chi connectivity index (χ0) is 14.8. The molecule has 2 N–H and O–H groups in total. The maximum Gasteiger partial charge on any atom is 0.147 e. The Bertz CT molecular complexity index is 617. The van der Waals surface area contributed by atoms with Gasteiger partial charge in [0.05, 0.1) is 0 Å². The SMILES string of the molecule is CC(C)(C(=O)Cc1cccc(F)c1)c1ccc(N)cc1. The van der Waals surface area contributed by atoms with Crippen LogP contribution in [-0.2, 0) is 16.6 Å². The second kappa shape index (κ2) is 5.45. The predicted molar refractivity (Wildman–Crippen MR) is 79.0 cm³/mol. The van der Waals surface area contributed by atoms with Crippen LogP contribution >= 0.6 is 0 Å². The van der Waals surface area contributed by atoms with E-state index in [1.165, 1.54) is 12.1 Å². The first-order chi connectivity index (χ1) is 9.39. The Balaban J connectivity index is 2.21. The summed E-state index contributed by atoms with van der Waals surface area (Å²) in [4.78, 5) is 12.5. The molecular formula is C17H18FNO. The third kappa shape index (κ3) is 3.05. The van der Waals surface area contributed by atoms with Gasteiger partial charge in [-0.2, -0.15) is 0 Å². The van der Waals surface area contributed by atoms with Gasteiger partial charge in [-0.15, -0.1) is 0 Å². The van der Waals surface area contributed by atoms with E-state index >= 15 is 0 Å². The minimum absolute atomic E-state index is 0.0490. The molecule has 104 valence electrons. The Labute approximate surface area is 118 Å². The predicted octanol–water partition coefficient (Wildman–Crippen LogP) is 3.50. The van der Waals surface area contributed by atoms with Crippen LogP contribution in [0.3, 0.4) is 0 Å². The van der Waals surface area contributed by atoms with Crippen molar-refractivity contribution in [2.75, 3.05) is 5.73 Å². The molecule has 0 aliphatic carbocycles. The number of nitrogens with two attached hydrogens (primary N) is 1. The molecule has 0 saturated carbocycles. The smallest absolute Gasteiger partial charge is 0.147 e. The molecule has 0 aliphatic rings. The van der Waals surface area contributed by atoms with Crippen molar-refractivity contribution >= 4 is 11.5 Å². The van der Waals surface area contributed by atoms with Crippen LogP contribution < -0.4 is 5.73 Å². The Kier molecular flexibility index (Phi) is 3.89. The fourth-order valence-corrected chi connectivity index (χ4v) is 2.11. The molecule has 2 nitrogen and oxygen atoms in total. The molecule has 20 heavy (non-hydrogen) atoms. The lowest BCUT2D eigenvalue weighted by atomic mass is 9.78. The number of carbonyl (C=O) groups excluding carboxylic acids is 1. The van der Waals surface area contributed by atoms with Crippen molar-refractivity contribution in [1.82, 2.24) is 0 Å². The molecule has 0 atom stereocenters. The topological polar surface area (TPSA) is 43.1 Å². The molecule has 0 unspecified atom stereocenters. The number of ketones is 1. The van der Waals surface area contributed by atoms with E-state index in [0.717, 1.165) is 5.56 Å². The molecule has 0 saturated heterocycles. The Morgan fingerprint density at radius 1 is 1.15 bits per heavy atom. The maximum atomic E-state index is 13.2. The second-order valence-electron chi connectivity index (χ2n) is 5.48. The average molecular weight is 271 g/mol. The van der Waals surface area contributed by atoms with Gasteiger partial charge in [0, 0.05) is 17.5 Å². The zero-order valence-corrected chi connectivity index (χ0v) is 11.7. The summed E-state index contributed by atoms with van der Waals surface area (Å²) in [5, 5.41) is 0. The number of hydrogen-bond acceptors (Lipinski definition) is 2. The Morgan fingerprint density at radius 3 is 2.40 bits per heavy atom. The average Bonchev–Trinajstić information content (AvgIpc) is 2.39. The standard InChI is InChI=1S/C17H18FNO/c1-17(2,13-6-8-15(19)9-7-13)16(20)11-12-4-3-5-14(18)10-12/h3-10H,11,19H2,1-2H3. The lowest BCUT2D eigenvalue weighted by Crippen LogP contribution is -2.30. The highest BCUT2D eigenvalue weighted by molar-refractivity contribution is 5.91. The van der Waals surface area contributed by atoms with Gasteiger partial charge in [-0.25, -0.2) is 4.39 Å². The summed E-state index contributed by atoms with van der Waals surface area (Å²) < 4.78 is 13.2. The van der Waals surface area contributed by atoms with Gasteiger partial charge < -0.3 is 5.73 Å². The summed E-state index contributed by atoms with van der Waals surface area (Å²) in [5.74, 6) is -0.270. The van der Waals surface area contributed by atoms with E-state index in [0.29, 0.717) is 11.3 Å². The van der Waals surface area contributed by atoms with E-state index in [-0.39, 0.29) is 18.0 Å². The summed E-state index contributed by atoms with van der Waals surface area (Å²) in [6, 6.07) is 13.4. The number of anilines is 1. The highest BCUT2D eigenvalue weighted by Crippen LogP contribution is 2.26. The molecule has 0 spiro atoms. The van der Waals surface area contributed by atoms with Crippen molar-refractivity contribution in [1.29, 1.82) is 0 Å². The maximum absolute atomic E-state index is 13.2. The number of nitrogen functional groups attached to an aromatic ring is 1. The second-order valence-corrected chi connectivity index (χ2v) is 5.48. The molecule has 2 aromatic rings. The summed E-state index contributed by atoms with van der Waals surface area (Å²) in [7, 11) is 0. The first kappa shape index (κ1) is 14.3. The lowest BCUT2D eigenvalue weighted by molar-refractivity contribution is -0.122. The molecule has 0 heterocycles. The van der Waals surface area contributed by atoms with E-state index in [9.17, 15) is 9.18 Å². The normalized spacial score (nSPS) is 11.3. The quantitative estimate of drug-likeness (QED) is 0.865. The van der Waals surface area contributed by atoms with Crippen LogP contribution in [0.4, 0.5) is 10.1 Å². The molecule has 2 aromatic carbocycles. The van der Waals surface area contributed by atoms with Gasteiger partial charge in [0.2, 0.25) is 0 Å². The first-order valence-corrected chi connectivity index (χ1v) is 6.53. The van der Waals surface area contributed by atoms with E-state index in [2.05, 4.69) is 0 Å². The van der Waals surface area contributed by atoms with Gasteiger partial charge in [-0.05, 0) is 49.2 Å². The summed E-state index contributed by atoms with van der Waals surface area (Å²) in [6.45, 7) is 3.75. The van der Waals surface area contributed by atoms with Crippen molar-refractivity contribution in [3.8, 4) is 0 Å². The Hall–Kier alpha value is -2.16.